The normalized spacial score (nSPS) is 21.2. The van der Waals surface area contributed by atoms with Crippen molar-refractivity contribution < 1.29 is 24.2 Å². The lowest BCUT2D eigenvalue weighted by Gasteiger charge is -2.29. The minimum atomic E-state index is -0.656. The molecule has 0 unspecified atom stereocenters. The minimum absolute atomic E-state index is 0.0907. The van der Waals surface area contributed by atoms with E-state index in [4.69, 9.17) is 9.47 Å². The first-order valence-corrected chi connectivity index (χ1v) is 11.6. The predicted octanol–water partition coefficient (Wildman–Crippen LogP) is 4.68. The van der Waals surface area contributed by atoms with Crippen LogP contribution in [0.1, 0.15) is 53.9 Å². The molecule has 0 aliphatic carbocycles. The lowest BCUT2D eigenvalue weighted by atomic mass is 9.95. The average Bonchev–Trinajstić information content (AvgIpc) is 3.53. The van der Waals surface area contributed by atoms with Gasteiger partial charge in [-0.25, -0.2) is 0 Å². The topological polar surface area (TPSA) is 76.1 Å². The highest BCUT2D eigenvalue weighted by molar-refractivity contribution is 7.12. The van der Waals surface area contributed by atoms with Gasteiger partial charge in [0.05, 0.1) is 29.2 Å². The fourth-order valence-corrected chi connectivity index (χ4v) is 4.73. The molecule has 6 nitrogen and oxygen atoms in total. The van der Waals surface area contributed by atoms with Crippen LogP contribution in [0, 0.1) is 0 Å². The third-order valence-corrected chi connectivity index (χ3v) is 6.55. The van der Waals surface area contributed by atoms with E-state index >= 15 is 0 Å². The number of carbonyl (C=O) groups is 2. The number of aliphatic hydroxyl groups excluding tert-OH is 1. The molecule has 4 rings (SSSR count). The molecule has 2 aromatic rings. The number of rotatable bonds is 9. The molecule has 2 aliphatic rings. The van der Waals surface area contributed by atoms with Crippen LogP contribution in [0.15, 0.2) is 53.1 Å². The van der Waals surface area contributed by atoms with Crippen LogP contribution in [-0.2, 0) is 9.53 Å². The summed E-state index contributed by atoms with van der Waals surface area (Å²) in [6.45, 7) is 3.76. The number of unbranched alkanes of at least 4 members (excludes halogenated alkanes) is 1. The molecular weight excluding hydrogens is 414 g/mol. The zero-order chi connectivity index (χ0) is 21.8. The second-order valence-corrected chi connectivity index (χ2v) is 8.78. The van der Waals surface area contributed by atoms with Crippen LogP contribution < -0.4 is 4.74 Å². The maximum absolute atomic E-state index is 13.2. The molecule has 3 heterocycles. The van der Waals surface area contributed by atoms with Crippen molar-refractivity contribution in [2.75, 3.05) is 19.8 Å². The summed E-state index contributed by atoms with van der Waals surface area (Å²) in [5.41, 5.74) is 0.892. The highest BCUT2D eigenvalue weighted by Gasteiger charge is 2.45. The number of carbonyl (C=O) groups excluding carboxylic acids is 2. The molecule has 0 saturated carbocycles. The van der Waals surface area contributed by atoms with E-state index in [1.807, 2.05) is 29.6 Å². The lowest BCUT2D eigenvalue weighted by Crippen LogP contribution is -2.37. The molecular formula is C24H27NO5S. The van der Waals surface area contributed by atoms with Gasteiger partial charge in [-0.1, -0.05) is 31.5 Å². The molecule has 2 atom stereocenters. The number of aliphatic hydroxyl groups is 1. The van der Waals surface area contributed by atoms with Crippen molar-refractivity contribution in [2.45, 2.75) is 44.8 Å². The lowest BCUT2D eigenvalue weighted by molar-refractivity contribution is -0.131. The Balaban J connectivity index is 1.65. The molecule has 1 aromatic heterocycles. The molecule has 1 amide bonds. The number of amides is 1. The van der Waals surface area contributed by atoms with Crippen molar-refractivity contribution in [1.82, 2.24) is 4.90 Å². The Hall–Kier alpha value is -2.64. The molecule has 0 radical (unpaired) electrons. The van der Waals surface area contributed by atoms with E-state index in [2.05, 4.69) is 6.92 Å². The minimum Gasteiger partial charge on any atom is -0.503 e. The van der Waals surface area contributed by atoms with Crippen LogP contribution in [0.3, 0.4) is 0 Å². The zero-order valence-corrected chi connectivity index (χ0v) is 18.4. The first-order chi connectivity index (χ1) is 15.1. The molecule has 2 aliphatic heterocycles. The van der Waals surface area contributed by atoms with Gasteiger partial charge in [0.2, 0.25) is 5.78 Å². The van der Waals surface area contributed by atoms with E-state index in [0.717, 1.165) is 37.0 Å². The molecule has 1 fully saturated rings. The smallest absolute Gasteiger partial charge is 0.290 e. The molecule has 1 N–H and O–H groups in total. The third kappa shape index (κ3) is 4.52. The quantitative estimate of drug-likeness (QED) is 0.452. The third-order valence-electron chi connectivity index (χ3n) is 5.68. The largest absolute Gasteiger partial charge is 0.503 e. The summed E-state index contributed by atoms with van der Waals surface area (Å²) in [5.74, 6) is -0.566. The maximum Gasteiger partial charge on any atom is 0.290 e. The molecule has 0 spiro atoms. The van der Waals surface area contributed by atoms with Gasteiger partial charge in [-0.05, 0) is 48.4 Å². The first kappa shape index (κ1) is 21.6. The van der Waals surface area contributed by atoms with E-state index in [-0.39, 0.29) is 17.5 Å². The summed E-state index contributed by atoms with van der Waals surface area (Å²) in [4.78, 5) is 28.3. The Kier molecular flexibility index (Phi) is 6.73. The number of hydrogen-bond donors (Lipinski definition) is 1. The van der Waals surface area contributed by atoms with E-state index in [1.165, 1.54) is 11.3 Å². The molecule has 1 aromatic carbocycles. The van der Waals surface area contributed by atoms with Crippen LogP contribution in [0.4, 0.5) is 0 Å². The number of benzene rings is 1. The standard InChI is InChI=1S/C24H27NO5S/c1-2-3-12-29-17-10-8-16(9-11-17)21-20(22(26)19-7-5-14-31-19)23(27)24(28)25(21)15-18-6-4-13-30-18/h5,7-11,14,18,21,27H,2-4,6,12-13,15H2,1H3/t18-,21+/m0/s1. The number of nitrogens with zero attached hydrogens (tertiary/aromatic N) is 1. The predicted molar refractivity (Wildman–Crippen MR) is 119 cm³/mol. The second kappa shape index (κ2) is 9.66. The molecule has 0 bridgehead atoms. The Labute approximate surface area is 186 Å². The van der Waals surface area contributed by atoms with Gasteiger partial charge in [0.25, 0.3) is 5.91 Å². The van der Waals surface area contributed by atoms with E-state index in [9.17, 15) is 14.7 Å². The van der Waals surface area contributed by atoms with Crippen molar-refractivity contribution in [1.29, 1.82) is 0 Å². The van der Waals surface area contributed by atoms with E-state index < -0.39 is 17.7 Å². The fourth-order valence-electron chi connectivity index (χ4n) is 4.05. The number of thiophene rings is 1. The van der Waals surface area contributed by atoms with Crippen molar-refractivity contribution in [3.8, 4) is 5.75 Å². The Morgan fingerprint density at radius 1 is 1.29 bits per heavy atom. The molecule has 164 valence electrons. The van der Waals surface area contributed by atoms with Gasteiger partial charge in [0.1, 0.15) is 5.75 Å². The summed E-state index contributed by atoms with van der Waals surface area (Å²) in [5, 5.41) is 12.5. The van der Waals surface area contributed by atoms with Gasteiger partial charge in [0, 0.05) is 13.2 Å². The van der Waals surface area contributed by atoms with Crippen molar-refractivity contribution in [3.63, 3.8) is 0 Å². The van der Waals surface area contributed by atoms with Crippen LogP contribution in [0.5, 0.6) is 5.75 Å². The Morgan fingerprint density at radius 2 is 2.10 bits per heavy atom. The summed E-state index contributed by atoms with van der Waals surface area (Å²) in [6.07, 6.45) is 3.74. The highest BCUT2D eigenvalue weighted by atomic mass is 32.1. The summed E-state index contributed by atoms with van der Waals surface area (Å²) in [6, 6.07) is 10.3. The Bertz CT molecular complexity index is 945. The van der Waals surface area contributed by atoms with Gasteiger partial charge >= 0.3 is 0 Å². The van der Waals surface area contributed by atoms with Crippen LogP contribution >= 0.6 is 11.3 Å². The van der Waals surface area contributed by atoms with Crippen LogP contribution in [0.2, 0.25) is 0 Å². The Morgan fingerprint density at radius 3 is 2.74 bits per heavy atom. The van der Waals surface area contributed by atoms with Gasteiger partial charge in [-0.2, -0.15) is 0 Å². The number of Topliss-reactive ketones (excluding diaryl/α,β-unsaturated/α-hetero) is 1. The van der Waals surface area contributed by atoms with E-state index in [1.54, 1.807) is 17.0 Å². The van der Waals surface area contributed by atoms with Crippen molar-refractivity contribution in [2.24, 2.45) is 0 Å². The highest BCUT2D eigenvalue weighted by Crippen LogP contribution is 2.40. The van der Waals surface area contributed by atoms with E-state index in [0.29, 0.717) is 24.6 Å². The van der Waals surface area contributed by atoms with Crippen molar-refractivity contribution >= 4 is 23.0 Å². The average molecular weight is 442 g/mol. The zero-order valence-electron chi connectivity index (χ0n) is 17.6. The van der Waals surface area contributed by atoms with Crippen LogP contribution in [0.25, 0.3) is 0 Å². The molecule has 31 heavy (non-hydrogen) atoms. The maximum atomic E-state index is 13.2. The van der Waals surface area contributed by atoms with Crippen molar-refractivity contribution in [3.05, 3.63) is 63.6 Å². The monoisotopic (exact) mass is 441 g/mol. The SMILES string of the molecule is CCCCOc1ccc([C@@H]2C(C(=O)c3cccs3)=C(O)C(=O)N2C[C@@H]2CCCO2)cc1. The van der Waals surface area contributed by atoms with Crippen LogP contribution in [-0.4, -0.2) is 47.6 Å². The molecule has 1 saturated heterocycles. The van der Waals surface area contributed by atoms with Gasteiger partial charge in [-0.15, -0.1) is 11.3 Å². The summed E-state index contributed by atoms with van der Waals surface area (Å²) >= 11 is 1.30. The number of ether oxygens (including phenoxy) is 2. The van der Waals surface area contributed by atoms with Gasteiger partial charge in [-0.3, -0.25) is 9.59 Å². The molecule has 7 heteroatoms. The number of hydrogen-bond acceptors (Lipinski definition) is 6. The second-order valence-electron chi connectivity index (χ2n) is 7.83. The van der Waals surface area contributed by atoms with Gasteiger partial charge in [0.15, 0.2) is 5.76 Å². The summed E-state index contributed by atoms with van der Waals surface area (Å²) < 4.78 is 11.5. The fraction of sp³-hybridized carbons (Fsp3) is 0.417. The first-order valence-electron chi connectivity index (χ1n) is 10.8. The summed E-state index contributed by atoms with van der Waals surface area (Å²) in [7, 11) is 0. The number of ketones is 1. The van der Waals surface area contributed by atoms with Gasteiger partial charge < -0.3 is 19.5 Å².